The molecule has 0 saturated carbocycles. The van der Waals surface area contributed by atoms with Crippen molar-refractivity contribution in [3.8, 4) is 0 Å². The standard InChI is InChI=1S/C22H30N4O/c1-15-8-18(14-26(11-15)21(27)9-16-12-25(2)13-16)19-6-5-17(10-23)22-20(19)4-3-7-24-22/h3-7,15-16,18H,8-14,23H2,1-2H3/t15-,18+/m1/s1. The molecule has 5 nitrogen and oxygen atoms in total. The van der Waals surface area contributed by atoms with Crippen LogP contribution in [0.25, 0.3) is 10.9 Å². The number of amides is 1. The molecule has 1 aromatic carbocycles. The number of fused-ring (bicyclic) bond motifs is 1. The van der Waals surface area contributed by atoms with Crippen LogP contribution in [0.4, 0.5) is 0 Å². The summed E-state index contributed by atoms with van der Waals surface area (Å²) in [5.74, 6) is 1.73. The van der Waals surface area contributed by atoms with Gasteiger partial charge in [0.15, 0.2) is 0 Å². The lowest BCUT2D eigenvalue weighted by Gasteiger charge is -2.40. The van der Waals surface area contributed by atoms with Gasteiger partial charge in [-0.15, -0.1) is 0 Å². The summed E-state index contributed by atoms with van der Waals surface area (Å²) in [6.07, 6.45) is 3.64. The molecule has 1 aromatic heterocycles. The second-order valence-electron chi connectivity index (χ2n) is 8.55. The molecule has 5 heteroatoms. The normalized spacial score (nSPS) is 24.2. The molecule has 27 heavy (non-hydrogen) atoms. The van der Waals surface area contributed by atoms with Crippen LogP contribution in [0.15, 0.2) is 30.5 Å². The number of aromatic nitrogens is 1. The summed E-state index contributed by atoms with van der Waals surface area (Å²) in [4.78, 5) is 21.8. The Morgan fingerprint density at radius 3 is 2.78 bits per heavy atom. The number of hydrogen-bond acceptors (Lipinski definition) is 4. The Hall–Kier alpha value is -1.98. The van der Waals surface area contributed by atoms with Gasteiger partial charge >= 0.3 is 0 Å². The van der Waals surface area contributed by atoms with Gasteiger partial charge in [0.25, 0.3) is 0 Å². The zero-order chi connectivity index (χ0) is 19.0. The highest BCUT2D eigenvalue weighted by molar-refractivity contribution is 5.86. The van der Waals surface area contributed by atoms with Crippen LogP contribution in [-0.4, -0.2) is 53.9 Å². The molecule has 0 unspecified atom stereocenters. The highest BCUT2D eigenvalue weighted by Gasteiger charge is 2.32. The monoisotopic (exact) mass is 366 g/mol. The van der Waals surface area contributed by atoms with Crippen LogP contribution in [-0.2, 0) is 11.3 Å². The fourth-order valence-corrected chi connectivity index (χ4v) is 4.89. The van der Waals surface area contributed by atoms with Gasteiger partial charge in [-0.3, -0.25) is 9.78 Å². The van der Waals surface area contributed by atoms with E-state index in [0.29, 0.717) is 36.6 Å². The summed E-state index contributed by atoms with van der Waals surface area (Å²) >= 11 is 0. The minimum Gasteiger partial charge on any atom is -0.342 e. The molecule has 2 aliphatic rings. The zero-order valence-corrected chi connectivity index (χ0v) is 16.4. The van der Waals surface area contributed by atoms with E-state index in [-0.39, 0.29) is 0 Å². The first-order valence-electron chi connectivity index (χ1n) is 10.1. The number of hydrogen-bond donors (Lipinski definition) is 1. The molecular weight excluding hydrogens is 336 g/mol. The van der Waals surface area contributed by atoms with Gasteiger partial charge in [-0.05, 0) is 42.5 Å². The largest absolute Gasteiger partial charge is 0.342 e. The fourth-order valence-electron chi connectivity index (χ4n) is 4.89. The highest BCUT2D eigenvalue weighted by atomic mass is 16.2. The summed E-state index contributed by atoms with van der Waals surface area (Å²) in [6, 6.07) is 8.46. The summed E-state index contributed by atoms with van der Waals surface area (Å²) in [7, 11) is 2.12. The molecule has 144 valence electrons. The number of carbonyl (C=O) groups excluding carboxylic acids is 1. The molecule has 2 N–H and O–H groups in total. The number of nitrogens with two attached hydrogens (primary N) is 1. The SMILES string of the molecule is C[C@@H]1C[C@H](c2ccc(CN)c3ncccc23)CN(C(=O)CC2CN(C)C2)C1. The van der Waals surface area contributed by atoms with Gasteiger partial charge in [0.2, 0.25) is 5.91 Å². The molecule has 0 bridgehead atoms. The van der Waals surface area contributed by atoms with Crippen molar-refractivity contribution in [1.82, 2.24) is 14.8 Å². The highest BCUT2D eigenvalue weighted by Crippen LogP contribution is 2.35. The van der Waals surface area contributed by atoms with Crippen molar-refractivity contribution in [2.45, 2.75) is 32.2 Å². The van der Waals surface area contributed by atoms with Crippen LogP contribution in [0, 0.1) is 11.8 Å². The fraction of sp³-hybridized carbons (Fsp3) is 0.545. The molecule has 3 heterocycles. The molecule has 2 saturated heterocycles. The lowest BCUT2D eigenvalue weighted by molar-refractivity contribution is -0.135. The van der Waals surface area contributed by atoms with Gasteiger partial charge in [-0.2, -0.15) is 0 Å². The van der Waals surface area contributed by atoms with Gasteiger partial charge < -0.3 is 15.5 Å². The first kappa shape index (κ1) is 18.4. The van der Waals surface area contributed by atoms with Crippen molar-refractivity contribution in [2.24, 2.45) is 17.6 Å². The molecule has 0 aliphatic carbocycles. The van der Waals surface area contributed by atoms with Gasteiger partial charge in [-0.25, -0.2) is 0 Å². The molecule has 2 aliphatic heterocycles. The first-order valence-corrected chi connectivity index (χ1v) is 10.1. The molecule has 2 atom stereocenters. The van der Waals surface area contributed by atoms with Gasteiger partial charge in [0, 0.05) is 56.6 Å². The Bertz CT molecular complexity index is 830. The van der Waals surface area contributed by atoms with E-state index in [1.165, 1.54) is 10.9 Å². The number of benzene rings is 1. The maximum Gasteiger partial charge on any atom is 0.222 e. The Morgan fingerprint density at radius 1 is 1.22 bits per heavy atom. The number of rotatable bonds is 4. The lowest BCUT2D eigenvalue weighted by atomic mass is 9.83. The third kappa shape index (κ3) is 3.71. The zero-order valence-electron chi connectivity index (χ0n) is 16.4. The number of likely N-dealkylation sites (tertiary alicyclic amines) is 2. The van der Waals surface area contributed by atoms with Crippen molar-refractivity contribution < 1.29 is 4.79 Å². The topological polar surface area (TPSA) is 62.5 Å². The predicted molar refractivity (Wildman–Crippen MR) is 108 cm³/mol. The van der Waals surface area contributed by atoms with Crippen LogP contribution >= 0.6 is 0 Å². The van der Waals surface area contributed by atoms with Crippen molar-refractivity contribution in [1.29, 1.82) is 0 Å². The Labute approximate surface area is 161 Å². The Balaban J connectivity index is 1.56. The van der Waals surface area contributed by atoms with Gasteiger partial charge in [0.05, 0.1) is 5.52 Å². The molecule has 4 rings (SSSR count). The summed E-state index contributed by atoms with van der Waals surface area (Å²) in [5, 5.41) is 1.19. The van der Waals surface area contributed by atoms with Crippen molar-refractivity contribution in [3.63, 3.8) is 0 Å². The molecule has 2 aromatic rings. The van der Waals surface area contributed by atoms with Crippen LogP contribution in [0.3, 0.4) is 0 Å². The quantitative estimate of drug-likeness (QED) is 0.903. The maximum absolute atomic E-state index is 12.9. The van der Waals surface area contributed by atoms with E-state index >= 15 is 0 Å². The molecular formula is C22H30N4O. The number of nitrogens with zero attached hydrogens (tertiary/aromatic N) is 3. The van der Waals surface area contributed by atoms with Crippen LogP contribution in [0.2, 0.25) is 0 Å². The maximum atomic E-state index is 12.9. The average Bonchev–Trinajstić information content (AvgIpc) is 2.65. The van der Waals surface area contributed by atoms with Gasteiger partial charge in [0.1, 0.15) is 0 Å². The number of carbonyl (C=O) groups is 1. The Morgan fingerprint density at radius 2 is 2.04 bits per heavy atom. The second kappa shape index (κ2) is 7.56. The molecule has 1 amide bonds. The van der Waals surface area contributed by atoms with E-state index in [9.17, 15) is 4.79 Å². The van der Waals surface area contributed by atoms with Crippen LogP contribution in [0.1, 0.15) is 36.8 Å². The van der Waals surface area contributed by atoms with E-state index in [1.807, 2.05) is 12.3 Å². The minimum absolute atomic E-state index is 0.325. The van der Waals surface area contributed by atoms with Crippen molar-refractivity contribution in [2.75, 3.05) is 33.2 Å². The van der Waals surface area contributed by atoms with Crippen molar-refractivity contribution in [3.05, 3.63) is 41.6 Å². The van der Waals surface area contributed by atoms with Crippen molar-refractivity contribution >= 4 is 16.8 Å². The summed E-state index contributed by atoms with van der Waals surface area (Å²) in [5.41, 5.74) is 9.30. The molecule has 2 fully saturated rings. The van der Waals surface area contributed by atoms with E-state index < -0.39 is 0 Å². The van der Waals surface area contributed by atoms with E-state index in [0.717, 1.165) is 43.7 Å². The third-order valence-electron chi connectivity index (χ3n) is 6.16. The molecule has 0 radical (unpaired) electrons. The Kier molecular flexibility index (Phi) is 5.15. The summed E-state index contributed by atoms with van der Waals surface area (Å²) in [6.45, 7) is 6.56. The number of pyridine rings is 1. The minimum atomic E-state index is 0.325. The van der Waals surface area contributed by atoms with E-state index in [2.05, 4.69) is 47.0 Å². The van der Waals surface area contributed by atoms with E-state index in [1.54, 1.807) is 0 Å². The lowest BCUT2D eigenvalue weighted by Crippen LogP contribution is -2.48. The second-order valence-corrected chi connectivity index (χ2v) is 8.55. The smallest absolute Gasteiger partial charge is 0.222 e. The third-order valence-corrected chi connectivity index (χ3v) is 6.16. The average molecular weight is 367 g/mol. The number of piperidine rings is 1. The van der Waals surface area contributed by atoms with Gasteiger partial charge in [-0.1, -0.05) is 25.1 Å². The first-order chi connectivity index (χ1) is 13.0. The van der Waals surface area contributed by atoms with E-state index in [4.69, 9.17) is 5.73 Å². The summed E-state index contributed by atoms with van der Waals surface area (Å²) < 4.78 is 0. The predicted octanol–water partition coefficient (Wildman–Crippen LogP) is 2.60. The van der Waals surface area contributed by atoms with Crippen LogP contribution < -0.4 is 5.73 Å². The van der Waals surface area contributed by atoms with Crippen LogP contribution in [0.5, 0.6) is 0 Å². The molecule has 0 spiro atoms.